The fraction of sp³-hybridized carbons (Fsp3) is 0. The first kappa shape index (κ1) is 14.6. The van der Waals surface area contributed by atoms with Gasteiger partial charge in [0.15, 0.2) is 0 Å². The molecular formula is C19H12ClN3O. The van der Waals surface area contributed by atoms with Crippen molar-refractivity contribution in [2.75, 3.05) is 0 Å². The topological polar surface area (TPSA) is 47.8 Å². The largest absolute Gasteiger partial charge is 0.268 e. The second-order valence-corrected chi connectivity index (χ2v) is 5.69. The number of rotatable bonds is 2. The molecule has 0 amide bonds. The number of hydrogen-bond donors (Lipinski definition) is 0. The van der Waals surface area contributed by atoms with Gasteiger partial charge in [-0.2, -0.15) is 0 Å². The summed E-state index contributed by atoms with van der Waals surface area (Å²) in [6, 6.07) is 18.2. The minimum atomic E-state index is -0.137. The highest BCUT2D eigenvalue weighted by Gasteiger charge is 2.15. The predicted molar refractivity (Wildman–Crippen MR) is 95.6 cm³/mol. The van der Waals surface area contributed by atoms with Gasteiger partial charge in [0.2, 0.25) is 0 Å². The molecule has 0 aliphatic rings. The Hall–Kier alpha value is -2.98. The zero-order valence-corrected chi connectivity index (χ0v) is 13.3. The molecular weight excluding hydrogens is 322 g/mol. The summed E-state index contributed by atoms with van der Waals surface area (Å²) in [5, 5.41) is 1.10. The molecule has 0 saturated heterocycles. The van der Waals surface area contributed by atoms with Crippen LogP contribution in [0, 0.1) is 0 Å². The second-order valence-electron chi connectivity index (χ2n) is 5.28. The molecule has 2 aromatic carbocycles. The van der Waals surface area contributed by atoms with Crippen LogP contribution in [0.2, 0.25) is 5.02 Å². The summed E-state index contributed by atoms with van der Waals surface area (Å²) in [5.41, 5.74) is 1.91. The third-order valence-corrected chi connectivity index (χ3v) is 4.14. The number of nitrogens with zero attached hydrogens (tertiary/aromatic N) is 3. The quantitative estimate of drug-likeness (QED) is 0.555. The van der Waals surface area contributed by atoms with E-state index >= 15 is 0 Å². The molecule has 0 aliphatic carbocycles. The zero-order valence-electron chi connectivity index (χ0n) is 12.6. The van der Waals surface area contributed by atoms with Crippen molar-refractivity contribution in [2.24, 2.45) is 0 Å². The Kier molecular flexibility index (Phi) is 3.59. The molecule has 116 valence electrons. The lowest BCUT2D eigenvalue weighted by atomic mass is 10.1. The van der Waals surface area contributed by atoms with Crippen LogP contribution in [-0.2, 0) is 0 Å². The van der Waals surface area contributed by atoms with Crippen molar-refractivity contribution in [1.29, 1.82) is 0 Å². The lowest BCUT2D eigenvalue weighted by Crippen LogP contribution is -2.22. The molecule has 2 heterocycles. The Morgan fingerprint density at radius 2 is 1.58 bits per heavy atom. The maximum atomic E-state index is 13.1. The lowest BCUT2D eigenvalue weighted by Gasteiger charge is -2.14. The minimum absolute atomic E-state index is 0.137. The van der Waals surface area contributed by atoms with E-state index in [4.69, 9.17) is 16.6 Å². The maximum Gasteiger partial charge on any atom is 0.266 e. The molecule has 2 aromatic heterocycles. The van der Waals surface area contributed by atoms with Crippen molar-refractivity contribution in [2.45, 2.75) is 0 Å². The van der Waals surface area contributed by atoms with E-state index in [0.29, 0.717) is 33.0 Å². The standard InChI is InChI=1S/C19H12ClN3O/c20-16-7-3-1-5-14(16)18-22-17-8-4-2-6-15(17)19(24)23(18)13-9-11-21-12-10-13/h1-12H. The van der Waals surface area contributed by atoms with Gasteiger partial charge in [-0.25, -0.2) is 4.98 Å². The fourth-order valence-electron chi connectivity index (χ4n) is 2.69. The smallest absolute Gasteiger partial charge is 0.266 e. The van der Waals surface area contributed by atoms with E-state index in [2.05, 4.69) is 4.98 Å². The lowest BCUT2D eigenvalue weighted by molar-refractivity contribution is 0.971. The fourth-order valence-corrected chi connectivity index (χ4v) is 2.91. The van der Waals surface area contributed by atoms with Gasteiger partial charge in [0, 0.05) is 18.0 Å². The zero-order chi connectivity index (χ0) is 16.5. The minimum Gasteiger partial charge on any atom is -0.268 e. The molecule has 5 heteroatoms. The average molecular weight is 334 g/mol. The Labute approximate surface area is 143 Å². The third kappa shape index (κ3) is 2.37. The molecule has 0 saturated carbocycles. The van der Waals surface area contributed by atoms with Crippen molar-refractivity contribution < 1.29 is 0 Å². The van der Waals surface area contributed by atoms with Crippen molar-refractivity contribution in [1.82, 2.24) is 14.5 Å². The molecule has 0 fully saturated rings. The highest BCUT2D eigenvalue weighted by Crippen LogP contribution is 2.28. The van der Waals surface area contributed by atoms with Crippen molar-refractivity contribution in [3.8, 4) is 17.1 Å². The summed E-state index contributed by atoms with van der Waals surface area (Å²) in [5.74, 6) is 0.510. The Morgan fingerprint density at radius 3 is 2.38 bits per heavy atom. The molecule has 4 nitrogen and oxygen atoms in total. The molecule has 4 aromatic rings. The first-order valence-electron chi connectivity index (χ1n) is 7.43. The van der Waals surface area contributed by atoms with E-state index in [1.54, 1.807) is 41.2 Å². The Bertz CT molecular complexity index is 1090. The first-order valence-corrected chi connectivity index (χ1v) is 7.80. The van der Waals surface area contributed by atoms with E-state index in [0.717, 1.165) is 0 Å². The summed E-state index contributed by atoms with van der Waals surface area (Å²) >= 11 is 6.35. The molecule has 0 N–H and O–H groups in total. The van der Waals surface area contributed by atoms with Crippen LogP contribution in [-0.4, -0.2) is 14.5 Å². The van der Waals surface area contributed by atoms with Gasteiger partial charge in [-0.3, -0.25) is 14.3 Å². The first-order chi connectivity index (χ1) is 11.8. The summed E-state index contributed by atoms with van der Waals surface area (Å²) in [4.78, 5) is 21.8. The Morgan fingerprint density at radius 1 is 0.875 bits per heavy atom. The normalized spacial score (nSPS) is 10.9. The van der Waals surface area contributed by atoms with Gasteiger partial charge in [-0.05, 0) is 36.4 Å². The SMILES string of the molecule is O=c1c2ccccc2nc(-c2ccccc2Cl)n1-c1ccncc1. The van der Waals surface area contributed by atoms with E-state index in [9.17, 15) is 4.79 Å². The number of pyridine rings is 1. The van der Waals surface area contributed by atoms with E-state index < -0.39 is 0 Å². The number of halogens is 1. The predicted octanol–water partition coefficient (Wildman–Crippen LogP) is 4.10. The second kappa shape index (κ2) is 5.91. The number of para-hydroxylation sites is 1. The van der Waals surface area contributed by atoms with E-state index in [-0.39, 0.29) is 5.56 Å². The van der Waals surface area contributed by atoms with Crippen LogP contribution in [0.1, 0.15) is 0 Å². The van der Waals surface area contributed by atoms with Crippen LogP contribution in [0.25, 0.3) is 28.0 Å². The molecule has 0 unspecified atom stereocenters. The number of fused-ring (bicyclic) bond motifs is 1. The molecule has 24 heavy (non-hydrogen) atoms. The van der Waals surface area contributed by atoms with Gasteiger partial charge >= 0.3 is 0 Å². The average Bonchev–Trinajstić information content (AvgIpc) is 2.63. The van der Waals surface area contributed by atoms with Crippen molar-refractivity contribution >= 4 is 22.5 Å². The Balaban J connectivity index is 2.16. The summed E-state index contributed by atoms with van der Waals surface area (Å²) in [7, 11) is 0. The van der Waals surface area contributed by atoms with Crippen molar-refractivity contribution in [3.05, 3.63) is 88.4 Å². The summed E-state index contributed by atoms with van der Waals surface area (Å²) in [6.07, 6.45) is 3.29. The summed E-state index contributed by atoms with van der Waals surface area (Å²) < 4.78 is 1.57. The highest BCUT2D eigenvalue weighted by molar-refractivity contribution is 6.33. The third-order valence-electron chi connectivity index (χ3n) is 3.81. The molecule has 0 aliphatic heterocycles. The molecule has 0 radical (unpaired) electrons. The molecule has 4 rings (SSSR count). The number of benzene rings is 2. The van der Waals surface area contributed by atoms with Crippen LogP contribution >= 0.6 is 11.6 Å². The van der Waals surface area contributed by atoms with Gasteiger partial charge in [0.25, 0.3) is 5.56 Å². The molecule has 0 bridgehead atoms. The van der Waals surface area contributed by atoms with E-state index in [1.807, 2.05) is 36.4 Å². The maximum absolute atomic E-state index is 13.1. The van der Waals surface area contributed by atoms with Gasteiger partial charge in [-0.1, -0.05) is 35.9 Å². The highest BCUT2D eigenvalue weighted by atomic mass is 35.5. The van der Waals surface area contributed by atoms with Crippen LogP contribution in [0.4, 0.5) is 0 Å². The summed E-state index contributed by atoms with van der Waals surface area (Å²) in [6.45, 7) is 0. The number of hydrogen-bond acceptors (Lipinski definition) is 3. The van der Waals surface area contributed by atoms with Crippen LogP contribution in [0.15, 0.2) is 77.9 Å². The van der Waals surface area contributed by atoms with Crippen molar-refractivity contribution in [3.63, 3.8) is 0 Å². The van der Waals surface area contributed by atoms with Gasteiger partial charge in [0.1, 0.15) is 5.82 Å². The van der Waals surface area contributed by atoms with Gasteiger partial charge in [0.05, 0.1) is 21.6 Å². The van der Waals surface area contributed by atoms with Gasteiger partial charge in [-0.15, -0.1) is 0 Å². The molecule has 0 spiro atoms. The van der Waals surface area contributed by atoms with Crippen LogP contribution in [0.5, 0.6) is 0 Å². The van der Waals surface area contributed by atoms with Crippen LogP contribution in [0.3, 0.4) is 0 Å². The number of aromatic nitrogens is 3. The van der Waals surface area contributed by atoms with E-state index in [1.165, 1.54) is 0 Å². The van der Waals surface area contributed by atoms with Crippen LogP contribution < -0.4 is 5.56 Å². The monoisotopic (exact) mass is 333 g/mol. The molecule has 0 atom stereocenters. The van der Waals surface area contributed by atoms with Gasteiger partial charge < -0.3 is 0 Å².